The van der Waals surface area contributed by atoms with Gasteiger partial charge in [0.15, 0.2) is 11.3 Å². The van der Waals surface area contributed by atoms with Crippen molar-refractivity contribution in [2.75, 3.05) is 31.1 Å². The van der Waals surface area contributed by atoms with Gasteiger partial charge >= 0.3 is 0 Å². The largest absolute Gasteiger partial charge is 0.394 e. The summed E-state index contributed by atoms with van der Waals surface area (Å²) >= 11 is 0. The van der Waals surface area contributed by atoms with Crippen LogP contribution in [-0.4, -0.2) is 74.6 Å². The van der Waals surface area contributed by atoms with E-state index in [1.165, 1.54) is 6.08 Å². The summed E-state index contributed by atoms with van der Waals surface area (Å²) in [6.45, 7) is 16.1. The van der Waals surface area contributed by atoms with Gasteiger partial charge in [0.2, 0.25) is 5.91 Å². The highest BCUT2D eigenvalue weighted by molar-refractivity contribution is 6.04. The number of aliphatic hydroxyl groups is 1. The Balaban J connectivity index is 1.52. The zero-order chi connectivity index (χ0) is 25.9. The molecule has 1 atom stereocenters. The summed E-state index contributed by atoms with van der Waals surface area (Å²) in [5, 5.41) is 12.7. The number of fused-ring (bicyclic) bond motifs is 1. The Hall–Kier alpha value is -4.23. The Labute approximate surface area is 209 Å². The molecule has 3 aromatic rings. The van der Waals surface area contributed by atoms with E-state index in [0.717, 1.165) is 5.56 Å². The first kappa shape index (κ1) is 24.9. The molecule has 1 aliphatic heterocycles. The molecule has 0 bridgehead atoms. The summed E-state index contributed by atoms with van der Waals surface area (Å²) in [5.74, 6) is 0.129. The quantitative estimate of drug-likeness (QED) is 0.348. The Morgan fingerprint density at radius 2 is 2.19 bits per heavy atom. The first-order chi connectivity index (χ1) is 17.2. The molecular weight excluding hydrogens is 458 g/mol. The average Bonchev–Trinajstić information content (AvgIpc) is 3.30. The monoisotopic (exact) mass is 487 g/mol. The Bertz CT molecular complexity index is 1340. The van der Waals surface area contributed by atoms with Crippen molar-refractivity contribution in [2.24, 2.45) is 0 Å². The minimum Gasteiger partial charge on any atom is -0.394 e. The number of carbonyl (C=O) groups is 2. The summed E-state index contributed by atoms with van der Waals surface area (Å²) in [7, 11) is 0. The second-order valence-electron chi connectivity index (χ2n) is 9.39. The van der Waals surface area contributed by atoms with Crippen molar-refractivity contribution in [3.63, 3.8) is 0 Å². The zero-order valence-corrected chi connectivity index (χ0v) is 20.4. The lowest BCUT2D eigenvalue weighted by Crippen LogP contribution is -2.61. The van der Waals surface area contributed by atoms with Crippen LogP contribution in [0, 0.1) is 6.57 Å². The Morgan fingerprint density at radius 3 is 2.89 bits per heavy atom. The third kappa shape index (κ3) is 5.06. The molecule has 3 N–H and O–H groups in total. The van der Waals surface area contributed by atoms with Gasteiger partial charge in [0.05, 0.1) is 36.5 Å². The molecule has 186 valence electrons. The van der Waals surface area contributed by atoms with E-state index in [4.69, 9.17) is 11.6 Å². The molecule has 1 fully saturated rings. The zero-order valence-electron chi connectivity index (χ0n) is 20.4. The average molecular weight is 488 g/mol. The maximum absolute atomic E-state index is 13.1. The van der Waals surface area contributed by atoms with Gasteiger partial charge in [-0.3, -0.25) is 9.59 Å². The Morgan fingerprint density at radius 1 is 1.39 bits per heavy atom. The van der Waals surface area contributed by atoms with E-state index in [-0.39, 0.29) is 18.4 Å². The molecule has 1 aromatic carbocycles. The lowest BCUT2D eigenvalue weighted by Gasteiger charge is -2.47. The number of benzene rings is 1. The second kappa shape index (κ2) is 10.2. The van der Waals surface area contributed by atoms with Crippen molar-refractivity contribution in [1.82, 2.24) is 25.2 Å². The predicted molar refractivity (Wildman–Crippen MR) is 137 cm³/mol. The summed E-state index contributed by atoms with van der Waals surface area (Å²) in [6, 6.07) is 6.57. The number of piperazine rings is 1. The third-order valence-electron chi connectivity index (χ3n) is 6.36. The minimum atomic E-state index is -0.532. The van der Waals surface area contributed by atoms with Gasteiger partial charge in [-0.15, -0.1) is 0 Å². The van der Waals surface area contributed by atoms with Gasteiger partial charge in [-0.25, -0.2) is 14.8 Å². The summed E-state index contributed by atoms with van der Waals surface area (Å²) in [6.07, 6.45) is 4.92. The smallest absolute Gasteiger partial charge is 0.255 e. The molecule has 2 aromatic heterocycles. The highest BCUT2D eigenvalue weighted by Gasteiger charge is 2.36. The van der Waals surface area contributed by atoms with Crippen LogP contribution in [0.4, 0.5) is 11.5 Å². The SMILES string of the molecule is [C-]#[N+]c1cccc(C[C@H](CO)NC(=O)c2c[nH]c3ncc(N4CCN(C(=O)C=C)C(C)(C)C4)nc23)c1. The van der Waals surface area contributed by atoms with Crippen molar-refractivity contribution >= 4 is 34.5 Å². The van der Waals surface area contributed by atoms with E-state index < -0.39 is 11.6 Å². The van der Waals surface area contributed by atoms with Crippen molar-refractivity contribution < 1.29 is 14.7 Å². The van der Waals surface area contributed by atoms with Crippen molar-refractivity contribution in [3.8, 4) is 0 Å². The van der Waals surface area contributed by atoms with E-state index in [2.05, 4.69) is 31.6 Å². The third-order valence-corrected chi connectivity index (χ3v) is 6.36. The van der Waals surface area contributed by atoms with Crippen LogP contribution in [-0.2, 0) is 11.2 Å². The van der Waals surface area contributed by atoms with E-state index in [9.17, 15) is 14.7 Å². The first-order valence-corrected chi connectivity index (χ1v) is 11.7. The van der Waals surface area contributed by atoms with Gasteiger partial charge in [-0.2, -0.15) is 0 Å². The van der Waals surface area contributed by atoms with Crippen molar-refractivity contribution in [1.29, 1.82) is 0 Å². The standard InChI is InChI=1S/C26H29N7O3/c1-5-22(35)33-10-9-32(16-26(33,2)3)21-14-29-24-23(31-21)20(13-28-24)25(36)30-19(15-34)12-17-7-6-8-18(11-17)27-4/h5-8,11,13-14,19,34H,1,9-10,12,15-16H2,2-3H3,(H,28,29)(H,30,36)/t19-/m1/s1. The molecule has 0 unspecified atom stereocenters. The first-order valence-electron chi connectivity index (χ1n) is 11.7. The number of aliphatic hydroxyl groups excluding tert-OH is 1. The predicted octanol–water partition coefficient (Wildman–Crippen LogP) is 2.46. The number of aromatic nitrogens is 3. The fourth-order valence-electron chi connectivity index (χ4n) is 4.54. The van der Waals surface area contributed by atoms with Crippen LogP contribution in [0.1, 0.15) is 29.8 Å². The van der Waals surface area contributed by atoms with Crippen LogP contribution >= 0.6 is 0 Å². The van der Waals surface area contributed by atoms with Gasteiger partial charge < -0.3 is 25.2 Å². The number of H-pyrrole nitrogens is 1. The molecule has 0 aliphatic carbocycles. The van der Waals surface area contributed by atoms with E-state index in [0.29, 0.717) is 54.3 Å². The van der Waals surface area contributed by atoms with Crippen molar-refractivity contribution in [3.05, 3.63) is 71.9 Å². The Kier molecular flexibility index (Phi) is 7.03. The molecule has 0 spiro atoms. The van der Waals surface area contributed by atoms with Gasteiger partial charge in [0.1, 0.15) is 11.3 Å². The highest BCUT2D eigenvalue weighted by atomic mass is 16.3. The molecule has 0 saturated carbocycles. The van der Waals surface area contributed by atoms with E-state index in [1.807, 2.05) is 19.9 Å². The number of nitrogens with one attached hydrogen (secondary N) is 2. The maximum atomic E-state index is 13.1. The summed E-state index contributed by atoms with van der Waals surface area (Å²) in [4.78, 5) is 44.8. The lowest BCUT2D eigenvalue weighted by atomic mass is 9.98. The highest BCUT2D eigenvalue weighted by Crippen LogP contribution is 2.26. The van der Waals surface area contributed by atoms with Crippen LogP contribution in [0.15, 0.2) is 49.3 Å². The molecule has 1 aliphatic rings. The minimum absolute atomic E-state index is 0.106. The van der Waals surface area contributed by atoms with Crippen LogP contribution in [0.5, 0.6) is 0 Å². The number of aromatic amines is 1. The number of hydrogen-bond donors (Lipinski definition) is 3. The molecule has 10 heteroatoms. The van der Waals surface area contributed by atoms with Crippen molar-refractivity contribution in [2.45, 2.75) is 31.8 Å². The topological polar surface area (TPSA) is 119 Å². The normalized spacial score (nSPS) is 15.8. The molecule has 4 rings (SSSR count). The number of amides is 2. The van der Waals surface area contributed by atoms with Crippen LogP contribution in [0.3, 0.4) is 0 Å². The molecule has 3 heterocycles. The molecule has 0 radical (unpaired) electrons. The van der Waals surface area contributed by atoms with E-state index >= 15 is 0 Å². The summed E-state index contributed by atoms with van der Waals surface area (Å²) in [5.41, 5.74) is 2.16. The van der Waals surface area contributed by atoms with Gasteiger partial charge in [0.25, 0.3) is 5.91 Å². The van der Waals surface area contributed by atoms with E-state index in [1.54, 1.807) is 35.5 Å². The lowest BCUT2D eigenvalue weighted by molar-refractivity contribution is -0.131. The summed E-state index contributed by atoms with van der Waals surface area (Å²) < 4.78 is 0. The van der Waals surface area contributed by atoms with Gasteiger partial charge in [-0.1, -0.05) is 36.4 Å². The fourth-order valence-corrected chi connectivity index (χ4v) is 4.54. The number of anilines is 1. The van der Waals surface area contributed by atoms with Gasteiger partial charge in [0, 0.05) is 25.8 Å². The van der Waals surface area contributed by atoms with Crippen LogP contribution < -0.4 is 10.2 Å². The number of hydrogen-bond acceptors (Lipinski definition) is 6. The maximum Gasteiger partial charge on any atom is 0.255 e. The number of carbonyl (C=O) groups excluding carboxylic acids is 2. The molecular formula is C26H29N7O3. The molecule has 2 amide bonds. The fraction of sp³-hybridized carbons (Fsp3) is 0.346. The number of rotatable bonds is 7. The van der Waals surface area contributed by atoms with Crippen LogP contribution in [0.25, 0.3) is 16.0 Å². The molecule has 1 saturated heterocycles. The second-order valence-corrected chi connectivity index (χ2v) is 9.39. The molecule has 10 nitrogen and oxygen atoms in total. The van der Waals surface area contributed by atoms with Crippen LogP contribution in [0.2, 0.25) is 0 Å². The number of nitrogens with zero attached hydrogens (tertiary/aromatic N) is 5. The molecule has 36 heavy (non-hydrogen) atoms. The van der Waals surface area contributed by atoms with Gasteiger partial charge in [-0.05, 0) is 26.3 Å².